The molecule has 0 spiro atoms. The molecule has 7 rings (SSSR count). The smallest absolute Gasteiger partial charge is 0.143 e. The molecule has 0 unspecified atom stereocenters. The van der Waals surface area contributed by atoms with Crippen molar-refractivity contribution in [1.82, 2.24) is 0 Å². The monoisotopic (exact) mass is 528 g/mol. The van der Waals surface area contributed by atoms with E-state index in [-0.39, 0.29) is 0 Å². The van der Waals surface area contributed by atoms with Crippen molar-refractivity contribution in [2.45, 2.75) is 0 Å². The number of nitrogens with one attached hydrogen (secondary N) is 1. The zero-order valence-electron chi connectivity index (χ0n) is 22.5. The number of rotatable bonds is 4. The standard InChI is InChI=1S/C38H28N2O/c1-3-11-27(12-4-1)32-17-10-18-33(28-13-5-2-6-14-28)38(32)31-16-9-15-29(25-31)30-21-22-34-36(26-30)39-23-24-41-37-20-8-7-19-35(37)40-34/h1-23,25-26,40H,24H2. The first kappa shape index (κ1) is 24.6. The van der Waals surface area contributed by atoms with Crippen LogP contribution >= 0.6 is 0 Å². The van der Waals surface area contributed by atoms with Crippen LogP contribution in [-0.4, -0.2) is 12.8 Å². The van der Waals surface area contributed by atoms with Gasteiger partial charge in [0.2, 0.25) is 0 Å². The van der Waals surface area contributed by atoms with E-state index in [9.17, 15) is 0 Å². The van der Waals surface area contributed by atoms with Crippen molar-refractivity contribution in [1.29, 1.82) is 0 Å². The van der Waals surface area contributed by atoms with Gasteiger partial charge in [-0.15, -0.1) is 0 Å². The van der Waals surface area contributed by atoms with Crippen molar-refractivity contribution < 1.29 is 4.74 Å². The Kier molecular flexibility index (Phi) is 6.60. The molecule has 196 valence electrons. The molecule has 0 saturated carbocycles. The second kappa shape index (κ2) is 11.0. The second-order valence-corrected chi connectivity index (χ2v) is 10.0. The molecule has 1 heterocycles. The van der Waals surface area contributed by atoms with E-state index in [2.05, 4.69) is 127 Å². The van der Waals surface area contributed by atoms with Crippen LogP contribution in [0.25, 0.3) is 44.5 Å². The molecule has 0 aromatic heterocycles. The van der Waals surface area contributed by atoms with E-state index in [1.54, 1.807) is 0 Å². The topological polar surface area (TPSA) is 33.6 Å². The highest BCUT2D eigenvalue weighted by molar-refractivity contribution is 5.95. The fourth-order valence-corrected chi connectivity index (χ4v) is 5.46. The van der Waals surface area contributed by atoms with Crippen molar-refractivity contribution in [3.05, 3.63) is 146 Å². The molecule has 1 aliphatic heterocycles. The average molecular weight is 529 g/mol. The Morgan fingerprint density at radius 2 is 1.10 bits per heavy atom. The Bertz CT molecular complexity index is 1800. The van der Waals surface area contributed by atoms with Crippen LogP contribution in [0.3, 0.4) is 0 Å². The molecule has 0 bridgehead atoms. The number of aliphatic imine (C=N–C) groups is 1. The van der Waals surface area contributed by atoms with Gasteiger partial charge in [-0.25, -0.2) is 0 Å². The summed E-state index contributed by atoms with van der Waals surface area (Å²) in [5, 5.41) is 3.51. The van der Waals surface area contributed by atoms with E-state index in [4.69, 9.17) is 9.73 Å². The molecule has 3 heteroatoms. The van der Waals surface area contributed by atoms with Crippen LogP contribution < -0.4 is 10.1 Å². The third kappa shape index (κ3) is 5.02. The van der Waals surface area contributed by atoms with Gasteiger partial charge in [-0.3, -0.25) is 4.99 Å². The first-order chi connectivity index (χ1) is 20.3. The van der Waals surface area contributed by atoms with Crippen LogP contribution in [-0.2, 0) is 0 Å². The summed E-state index contributed by atoms with van der Waals surface area (Å²) in [5.41, 5.74) is 12.2. The van der Waals surface area contributed by atoms with Crippen molar-refractivity contribution in [2.75, 3.05) is 11.9 Å². The number of para-hydroxylation sites is 2. The van der Waals surface area contributed by atoms with E-state index < -0.39 is 0 Å². The molecule has 41 heavy (non-hydrogen) atoms. The average Bonchev–Trinajstić information content (AvgIpc) is 3.13. The fourth-order valence-electron chi connectivity index (χ4n) is 5.46. The number of hydrogen-bond donors (Lipinski definition) is 1. The van der Waals surface area contributed by atoms with Crippen LogP contribution in [0.2, 0.25) is 0 Å². The lowest BCUT2D eigenvalue weighted by Gasteiger charge is -2.17. The molecule has 6 aromatic carbocycles. The zero-order chi connectivity index (χ0) is 27.4. The lowest BCUT2D eigenvalue weighted by atomic mass is 9.86. The predicted octanol–water partition coefficient (Wildman–Crippen LogP) is 10.2. The summed E-state index contributed by atoms with van der Waals surface area (Å²) < 4.78 is 5.90. The van der Waals surface area contributed by atoms with Crippen LogP contribution in [0.4, 0.5) is 17.1 Å². The van der Waals surface area contributed by atoms with E-state index >= 15 is 0 Å². The molecule has 0 fully saturated rings. The molecule has 0 radical (unpaired) electrons. The minimum absolute atomic E-state index is 0.413. The maximum absolute atomic E-state index is 5.90. The van der Waals surface area contributed by atoms with Crippen molar-refractivity contribution in [2.24, 2.45) is 4.99 Å². The van der Waals surface area contributed by atoms with Crippen molar-refractivity contribution >= 4 is 23.3 Å². The van der Waals surface area contributed by atoms with Crippen molar-refractivity contribution in [3.63, 3.8) is 0 Å². The summed E-state index contributed by atoms with van der Waals surface area (Å²) in [5.74, 6) is 0.815. The highest BCUT2D eigenvalue weighted by Crippen LogP contribution is 2.42. The van der Waals surface area contributed by atoms with Gasteiger partial charge >= 0.3 is 0 Å². The number of fused-ring (bicyclic) bond motifs is 2. The van der Waals surface area contributed by atoms with Crippen LogP contribution in [0.1, 0.15) is 0 Å². The van der Waals surface area contributed by atoms with Crippen LogP contribution in [0.15, 0.2) is 151 Å². The summed E-state index contributed by atoms with van der Waals surface area (Å²) in [6.07, 6.45) is 1.82. The summed E-state index contributed by atoms with van der Waals surface area (Å²) in [6, 6.07) is 51.1. The molecular weight excluding hydrogens is 500 g/mol. The summed E-state index contributed by atoms with van der Waals surface area (Å²) in [7, 11) is 0. The number of hydrogen-bond acceptors (Lipinski definition) is 3. The number of anilines is 2. The number of ether oxygens (including phenoxy) is 1. The summed E-state index contributed by atoms with van der Waals surface area (Å²) in [6.45, 7) is 0.413. The normalized spacial score (nSPS) is 12.1. The third-order valence-electron chi connectivity index (χ3n) is 7.42. The van der Waals surface area contributed by atoms with Crippen LogP contribution in [0.5, 0.6) is 5.75 Å². The van der Waals surface area contributed by atoms with Gasteiger partial charge in [0.05, 0.1) is 17.1 Å². The number of benzene rings is 6. The molecule has 0 amide bonds. The Balaban J connectivity index is 1.34. The van der Waals surface area contributed by atoms with Crippen LogP contribution in [0, 0.1) is 0 Å². The van der Waals surface area contributed by atoms with E-state index in [0.717, 1.165) is 33.9 Å². The Morgan fingerprint density at radius 3 is 1.85 bits per heavy atom. The van der Waals surface area contributed by atoms with E-state index in [1.807, 2.05) is 30.5 Å². The maximum Gasteiger partial charge on any atom is 0.143 e. The number of nitrogens with zero attached hydrogens (tertiary/aromatic N) is 1. The molecule has 6 aromatic rings. The van der Waals surface area contributed by atoms with Gasteiger partial charge in [0.15, 0.2) is 0 Å². The molecule has 1 aliphatic rings. The maximum atomic E-state index is 5.90. The predicted molar refractivity (Wildman–Crippen MR) is 172 cm³/mol. The first-order valence-corrected chi connectivity index (χ1v) is 13.8. The highest BCUT2D eigenvalue weighted by Gasteiger charge is 2.16. The minimum Gasteiger partial charge on any atom is -0.486 e. The highest BCUT2D eigenvalue weighted by atomic mass is 16.5. The molecule has 0 saturated heterocycles. The Hall–Kier alpha value is -5.41. The lowest BCUT2D eigenvalue weighted by Crippen LogP contribution is -1.99. The zero-order valence-corrected chi connectivity index (χ0v) is 22.5. The summed E-state index contributed by atoms with van der Waals surface area (Å²) >= 11 is 0. The first-order valence-electron chi connectivity index (χ1n) is 13.8. The van der Waals surface area contributed by atoms with Gasteiger partial charge in [0, 0.05) is 6.21 Å². The quantitative estimate of drug-likeness (QED) is 0.247. The third-order valence-corrected chi connectivity index (χ3v) is 7.42. The minimum atomic E-state index is 0.413. The van der Waals surface area contributed by atoms with Gasteiger partial charge in [0.25, 0.3) is 0 Å². The second-order valence-electron chi connectivity index (χ2n) is 10.0. The van der Waals surface area contributed by atoms with Gasteiger partial charge in [-0.05, 0) is 74.8 Å². The summed E-state index contributed by atoms with van der Waals surface area (Å²) in [4.78, 5) is 4.75. The SMILES string of the molecule is C1=Nc2cc(-c3cccc(-c4c(-c5ccccc5)cccc4-c4ccccc4)c3)ccc2Nc2ccccc2OC1. The Labute approximate surface area is 240 Å². The van der Waals surface area contributed by atoms with Gasteiger partial charge in [-0.2, -0.15) is 0 Å². The lowest BCUT2D eigenvalue weighted by molar-refractivity contribution is 0.382. The molecule has 1 N–H and O–H groups in total. The van der Waals surface area contributed by atoms with Gasteiger partial charge in [-0.1, -0.05) is 115 Å². The van der Waals surface area contributed by atoms with Gasteiger partial charge in [0.1, 0.15) is 12.4 Å². The molecular formula is C38H28N2O. The molecule has 0 atom stereocenters. The molecule has 0 aliphatic carbocycles. The largest absolute Gasteiger partial charge is 0.486 e. The molecule has 3 nitrogen and oxygen atoms in total. The van der Waals surface area contributed by atoms with E-state index in [1.165, 1.54) is 33.4 Å². The Morgan fingerprint density at radius 1 is 0.488 bits per heavy atom. The fraction of sp³-hybridized carbons (Fsp3) is 0.0263. The van der Waals surface area contributed by atoms with Gasteiger partial charge < -0.3 is 10.1 Å². The van der Waals surface area contributed by atoms with E-state index in [0.29, 0.717) is 6.61 Å². The van der Waals surface area contributed by atoms with Crippen molar-refractivity contribution in [3.8, 4) is 50.3 Å².